The van der Waals surface area contributed by atoms with Crippen molar-refractivity contribution in [2.45, 2.75) is 69.8 Å². The number of alkyl carbamates (subject to hydrolysis) is 1. The first-order valence-corrected chi connectivity index (χ1v) is 16.1. The molecule has 0 bridgehead atoms. The van der Waals surface area contributed by atoms with E-state index in [1.165, 1.54) is 0 Å². The summed E-state index contributed by atoms with van der Waals surface area (Å²) in [6.07, 6.45) is -0.316. The normalized spacial score (nSPS) is 16.2. The van der Waals surface area contributed by atoms with E-state index >= 15 is 0 Å². The molecule has 1 aliphatic heterocycles. The summed E-state index contributed by atoms with van der Waals surface area (Å²) in [5, 5.41) is 10.9. The van der Waals surface area contributed by atoms with Gasteiger partial charge < -0.3 is 26.0 Å². The zero-order valence-corrected chi connectivity index (χ0v) is 27.0. The molecule has 46 heavy (non-hydrogen) atoms. The zero-order chi connectivity index (χ0) is 33.1. The zero-order valence-electron chi connectivity index (χ0n) is 26.2. The van der Waals surface area contributed by atoms with Gasteiger partial charge in [-0.15, -0.1) is 0 Å². The predicted molar refractivity (Wildman–Crippen MR) is 177 cm³/mol. The van der Waals surface area contributed by atoms with Gasteiger partial charge in [0.05, 0.1) is 0 Å². The molecule has 11 heteroatoms. The summed E-state index contributed by atoms with van der Waals surface area (Å²) in [6.45, 7) is 5.17. The summed E-state index contributed by atoms with van der Waals surface area (Å²) in [6, 6.07) is 23.8. The SMILES string of the molecule is CC(C)(C)OC(=O)N[C@@H](Cc1ccccc1)C(=O)N[C@@H](Cc1ccccc1)C(=O)N[C@@H](Cc1ccccc1)C(=O)N[C@H]1CSC1=O. The van der Waals surface area contributed by atoms with Crippen LogP contribution in [0.25, 0.3) is 0 Å². The fraction of sp³-hybridized carbons (Fsp3) is 0.343. The van der Waals surface area contributed by atoms with E-state index in [1.54, 1.807) is 20.8 Å². The van der Waals surface area contributed by atoms with Crippen LogP contribution in [0.4, 0.5) is 4.79 Å². The van der Waals surface area contributed by atoms with Crippen molar-refractivity contribution in [2.75, 3.05) is 5.75 Å². The highest BCUT2D eigenvalue weighted by atomic mass is 32.2. The van der Waals surface area contributed by atoms with Crippen molar-refractivity contribution in [3.63, 3.8) is 0 Å². The minimum absolute atomic E-state index is 0.125. The minimum atomic E-state index is -1.10. The lowest BCUT2D eigenvalue weighted by atomic mass is 10.0. The highest BCUT2D eigenvalue weighted by Gasteiger charge is 2.35. The first kappa shape index (κ1) is 34.2. The van der Waals surface area contributed by atoms with Crippen LogP contribution in [-0.2, 0) is 43.2 Å². The highest BCUT2D eigenvalue weighted by molar-refractivity contribution is 8.16. The van der Waals surface area contributed by atoms with E-state index in [4.69, 9.17) is 4.74 Å². The molecule has 0 saturated carbocycles. The lowest BCUT2D eigenvalue weighted by Gasteiger charge is -2.29. The number of carbonyl (C=O) groups is 5. The number of hydrogen-bond acceptors (Lipinski definition) is 7. The summed E-state index contributed by atoms with van der Waals surface area (Å²) in [5.41, 5.74) is 1.60. The molecule has 1 fully saturated rings. The van der Waals surface area contributed by atoms with Crippen molar-refractivity contribution < 1.29 is 28.7 Å². The van der Waals surface area contributed by atoms with E-state index in [2.05, 4.69) is 21.3 Å². The van der Waals surface area contributed by atoms with Gasteiger partial charge in [0.1, 0.15) is 29.8 Å². The van der Waals surface area contributed by atoms with Gasteiger partial charge in [-0.1, -0.05) is 103 Å². The van der Waals surface area contributed by atoms with Gasteiger partial charge in [-0.05, 0) is 37.5 Å². The Hall–Kier alpha value is -4.64. The lowest BCUT2D eigenvalue weighted by molar-refractivity contribution is -0.133. The summed E-state index contributed by atoms with van der Waals surface area (Å²) in [7, 11) is 0. The van der Waals surface area contributed by atoms with E-state index in [9.17, 15) is 24.0 Å². The fourth-order valence-electron chi connectivity index (χ4n) is 4.78. The van der Waals surface area contributed by atoms with Crippen molar-refractivity contribution in [3.8, 4) is 0 Å². The van der Waals surface area contributed by atoms with Gasteiger partial charge in [0.25, 0.3) is 0 Å². The van der Waals surface area contributed by atoms with E-state index in [-0.39, 0.29) is 24.4 Å². The third kappa shape index (κ3) is 10.8. The standard InChI is InChI=1S/C35H40N4O6S/c1-35(2,3)45-34(44)39-28(21-25-17-11-6-12-18-25)32(42)37-26(19-23-13-7-4-8-14-23)30(40)36-27(20-24-15-9-5-10-16-24)31(41)38-29-22-46-33(29)43/h4-18,26-29H,19-22H2,1-3H3,(H,36,40)(H,37,42)(H,38,41)(H,39,44)/t26-,27-,28-,29-/m0/s1. The molecular weight excluding hydrogens is 604 g/mol. The largest absolute Gasteiger partial charge is 0.444 e. The predicted octanol–water partition coefficient (Wildman–Crippen LogP) is 3.34. The molecule has 242 valence electrons. The first-order valence-electron chi connectivity index (χ1n) is 15.2. The second-order valence-corrected chi connectivity index (χ2v) is 13.1. The molecule has 0 aliphatic carbocycles. The molecule has 4 rings (SSSR count). The average Bonchev–Trinajstić information content (AvgIpc) is 3.02. The molecule has 0 spiro atoms. The molecule has 4 N–H and O–H groups in total. The molecule has 3 aromatic rings. The maximum Gasteiger partial charge on any atom is 0.408 e. The first-order chi connectivity index (χ1) is 22.0. The van der Waals surface area contributed by atoms with E-state index in [0.717, 1.165) is 28.5 Å². The van der Waals surface area contributed by atoms with Crippen molar-refractivity contribution in [1.82, 2.24) is 21.3 Å². The maximum absolute atomic E-state index is 13.9. The molecule has 10 nitrogen and oxygen atoms in total. The third-order valence-corrected chi connectivity index (χ3v) is 8.18. The number of nitrogens with one attached hydrogen (secondary N) is 4. The van der Waals surface area contributed by atoms with Crippen LogP contribution in [0.2, 0.25) is 0 Å². The molecular formula is C35H40N4O6S. The molecule has 1 saturated heterocycles. The van der Waals surface area contributed by atoms with Gasteiger partial charge in [-0.2, -0.15) is 0 Å². The van der Waals surface area contributed by atoms with E-state index < -0.39 is 53.6 Å². The number of benzene rings is 3. The quantitative estimate of drug-likeness (QED) is 0.224. The summed E-state index contributed by atoms with van der Waals surface area (Å²) >= 11 is 1.14. The van der Waals surface area contributed by atoms with Gasteiger partial charge >= 0.3 is 6.09 Å². The number of carbonyl (C=O) groups excluding carboxylic acids is 5. The molecule has 1 aliphatic rings. The molecule has 4 amide bonds. The van der Waals surface area contributed by atoms with Gasteiger partial charge in [0, 0.05) is 25.0 Å². The fourth-order valence-corrected chi connectivity index (χ4v) is 5.39. The van der Waals surface area contributed by atoms with Crippen LogP contribution in [0.1, 0.15) is 37.5 Å². The molecule has 4 atom stereocenters. The number of rotatable bonds is 13. The Balaban J connectivity index is 1.56. The molecule has 0 radical (unpaired) electrons. The van der Waals surface area contributed by atoms with Gasteiger partial charge in [-0.3, -0.25) is 19.2 Å². The second kappa shape index (κ2) is 16.1. The molecule has 0 aromatic heterocycles. The van der Waals surface area contributed by atoms with Crippen LogP contribution in [0.5, 0.6) is 0 Å². The Bertz CT molecular complexity index is 1500. The number of amides is 4. The van der Waals surface area contributed by atoms with Crippen LogP contribution in [0.15, 0.2) is 91.0 Å². The topological polar surface area (TPSA) is 143 Å². The maximum atomic E-state index is 13.9. The van der Waals surface area contributed by atoms with Crippen molar-refractivity contribution in [2.24, 2.45) is 0 Å². The summed E-state index contributed by atoms with van der Waals surface area (Å²) < 4.78 is 5.41. The average molecular weight is 645 g/mol. The van der Waals surface area contributed by atoms with Crippen LogP contribution in [0, 0.1) is 0 Å². The number of thioether (sulfide) groups is 1. The molecule has 1 heterocycles. The summed E-state index contributed by atoms with van der Waals surface area (Å²) in [5.74, 6) is -1.20. The van der Waals surface area contributed by atoms with Crippen LogP contribution in [-0.4, -0.2) is 64.5 Å². The Morgan fingerprint density at radius 1 is 0.674 bits per heavy atom. The highest BCUT2D eigenvalue weighted by Crippen LogP contribution is 2.20. The van der Waals surface area contributed by atoms with Crippen molar-refractivity contribution in [3.05, 3.63) is 108 Å². The lowest BCUT2D eigenvalue weighted by Crippen LogP contribution is -2.60. The second-order valence-electron chi connectivity index (χ2n) is 12.1. The number of hydrogen-bond donors (Lipinski definition) is 4. The van der Waals surface area contributed by atoms with Crippen LogP contribution >= 0.6 is 11.8 Å². The Morgan fingerprint density at radius 3 is 1.41 bits per heavy atom. The van der Waals surface area contributed by atoms with E-state index in [1.807, 2.05) is 91.0 Å². The van der Waals surface area contributed by atoms with Gasteiger partial charge in [-0.25, -0.2) is 4.79 Å². The van der Waals surface area contributed by atoms with Crippen molar-refractivity contribution >= 4 is 40.7 Å². The smallest absolute Gasteiger partial charge is 0.408 e. The van der Waals surface area contributed by atoms with Crippen LogP contribution in [0.3, 0.4) is 0 Å². The van der Waals surface area contributed by atoms with Crippen molar-refractivity contribution in [1.29, 1.82) is 0 Å². The summed E-state index contributed by atoms with van der Waals surface area (Å²) in [4.78, 5) is 65.8. The third-order valence-electron chi connectivity index (χ3n) is 7.11. The van der Waals surface area contributed by atoms with Crippen LogP contribution < -0.4 is 21.3 Å². The Morgan fingerprint density at radius 2 is 1.07 bits per heavy atom. The molecule has 0 unspecified atom stereocenters. The number of ether oxygens (including phenoxy) is 1. The Labute approximate surface area is 273 Å². The van der Waals surface area contributed by atoms with E-state index in [0.29, 0.717) is 5.75 Å². The minimum Gasteiger partial charge on any atom is -0.444 e. The molecule has 3 aromatic carbocycles. The van der Waals surface area contributed by atoms with Gasteiger partial charge in [0.2, 0.25) is 22.8 Å². The monoisotopic (exact) mass is 644 g/mol. The van der Waals surface area contributed by atoms with Gasteiger partial charge in [0.15, 0.2) is 0 Å². The Kier molecular flexibility index (Phi) is 12.0.